The van der Waals surface area contributed by atoms with Gasteiger partial charge >= 0.3 is 7.32 Å². The molecule has 0 heterocycles. The van der Waals surface area contributed by atoms with Crippen LogP contribution in [0.4, 0.5) is 0 Å². The summed E-state index contributed by atoms with van der Waals surface area (Å²) < 4.78 is 10.3. The minimum Gasteiger partial charge on any atom is -0.488 e. The monoisotopic (exact) mass is 238 g/mol. The van der Waals surface area contributed by atoms with Crippen LogP contribution in [0.1, 0.15) is 20.8 Å². The van der Waals surface area contributed by atoms with Crippen LogP contribution in [0.15, 0.2) is 29.6 Å². The molecule has 1 atom stereocenters. The average molecular weight is 238 g/mol. The first-order chi connectivity index (χ1) is 7.81. The maximum Gasteiger partial charge on any atom is 0.634 e. The van der Waals surface area contributed by atoms with E-state index in [9.17, 15) is 4.79 Å². The quantitative estimate of drug-likeness (QED) is 0.548. The van der Waals surface area contributed by atoms with Gasteiger partial charge in [0.15, 0.2) is 0 Å². The summed E-state index contributed by atoms with van der Waals surface area (Å²) >= 11 is 0. The van der Waals surface area contributed by atoms with E-state index in [4.69, 9.17) is 19.4 Å². The highest BCUT2D eigenvalue weighted by molar-refractivity contribution is 6.32. The van der Waals surface area contributed by atoms with Crippen molar-refractivity contribution in [2.75, 3.05) is 0 Å². The van der Waals surface area contributed by atoms with E-state index in [0.29, 0.717) is 5.76 Å². The van der Waals surface area contributed by atoms with Gasteiger partial charge in [0.25, 0.3) is 0 Å². The van der Waals surface area contributed by atoms with Crippen molar-refractivity contribution in [3.05, 3.63) is 29.6 Å². The Kier molecular flexibility index (Phi) is 4.31. The first-order valence-electron chi connectivity index (χ1n) is 5.17. The Morgan fingerprint density at radius 3 is 2.53 bits per heavy atom. The molecule has 1 aliphatic rings. The fraction of sp³-hybridized carbons (Fsp3) is 0.455. The number of rotatable bonds is 3. The third-order valence-corrected chi connectivity index (χ3v) is 1.85. The van der Waals surface area contributed by atoms with E-state index in [-0.39, 0.29) is 11.2 Å². The summed E-state index contributed by atoms with van der Waals surface area (Å²) in [5.74, 6) is 2.19. The molecule has 1 aliphatic carbocycles. The molecule has 0 aliphatic heterocycles. The maximum absolute atomic E-state index is 10.7. The van der Waals surface area contributed by atoms with Crippen molar-refractivity contribution in [1.82, 2.24) is 0 Å². The van der Waals surface area contributed by atoms with Gasteiger partial charge in [0.2, 0.25) is 0 Å². The van der Waals surface area contributed by atoms with Crippen molar-refractivity contribution in [3.63, 3.8) is 0 Å². The SMILES string of the molecule is CC(C)(C)OC1=CC(=C=O)C(OB(O)O)C=C1. The highest BCUT2D eigenvalue weighted by atomic mass is 16.6. The number of allylic oxidation sites excluding steroid dienone is 1. The molecule has 0 spiro atoms. The second-order valence-corrected chi connectivity index (χ2v) is 4.56. The molecular weight excluding hydrogens is 223 g/mol. The smallest absolute Gasteiger partial charge is 0.488 e. The molecule has 1 unspecified atom stereocenters. The Labute approximate surface area is 100 Å². The zero-order valence-electron chi connectivity index (χ0n) is 10.0. The van der Waals surface area contributed by atoms with E-state index in [1.165, 1.54) is 12.2 Å². The second-order valence-electron chi connectivity index (χ2n) is 4.56. The molecule has 0 bridgehead atoms. The fourth-order valence-corrected chi connectivity index (χ4v) is 1.32. The molecule has 0 aromatic heterocycles. The Bertz CT molecular complexity index is 385. The lowest BCUT2D eigenvalue weighted by atomic mass is 10.0. The zero-order chi connectivity index (χ0) is 13.1. The Morgan fingerprint density at radius 1 is 1.41 bits per heavy atom. The van der Waals surface area contributed by atoms with Gasteiger partial charge in [-0.25, -0.2) is 4.79 Å². The topological polar surface area (TPSA) is 76.0 Å². The van der Waals surface area contributed by atoms with Crippen LogP contribution in [0.3, 0.4) is 0 Å². The second kappa shape index (κ2) is 5.34. The standard InChI is InChI=1S/C11H15BO5/c1-11(2,3)16-9-4-5-10(17-12(14)15)8(6-9)7-13/h4-6,10,14-15H,1-3H3. The molecule has 0 fully saturated rings. The molecule has 6 heteroatoms. The van der Waals surface area contributed by atoms with Crippen LogP contribution < -0.4 is 0 Å². The number of carbonyl (C=O) groups excluding carboxylic acids is 1. The van der Waals surface area contributed by atoms with Crippen LogP contribution in [-0.4, -0.2) is 35.0 Å². The van der Waals surface area contributed by atoms with Crippen molar-refractivity contribution in [3.8, 4) is 0 Å². The predicted molar refractivity (Wildman–Crippen MR) is 62.3 cm³/mol. The van der Waals surface area contributed by atoms with Crippen molar-refractivity contribution in [1.29, 1.82) is 0 Å². The Hall–Kier alpha value is -1.33. The zero-order valence-corrected chi connectivity index (χ0v) is 10.0. The van der Waals surface area contributed by atoms with Crippen LogP contribution >= 0.6 is 0 Å². The Balaban J connectivity index is 2.80. The van der Waals surface area contributed by atoms with Crippen LogP contribution in [0.2, 0.25) is 0 Å². The van der Waals surface area contributed by atoms with Gasteiger partial charge in [0, 0.05) is 0 Å². The molecule has 0 aromatic carbocycles. The average Bonchev–Trinajstić information content (AvgIpc) is 2.17. The Morgan fingerprint density at radius 2 is 2.06 bits per heavy atom. The molecule has 0 saturated heterocycles. The van der Waals surface area contributed by atoms with E-state index in [1.54, 1.807) is 12.0 Å². The molecule has 1 rings (SSSR count). The maximum atomic E-state index is 10.7. The minimum atomic E-state index is -1.94. The molecule has 5 nitrogen and oxygen atoms in total. The van der Waals surface area contributed by atoms with Gasteiger partial charge in [0.05, 0.1) is 5.57 Å². The first kappa shape index (κ1) is 13.7. The number of ether oxygens (including phenoxy) is 1. The van der Waals surface area contributed by atoms with E-state index in [2.05, 4.69) is 0 Å². The third-order valence-electron chi connectivity index (χ3n) is 1.85. The summed E-state index contributed by atoms with van der Waals surface area (Å²) in [6.45, 7) is 5.64. The van der Waals surface area contributed by atoms with Crippen LogP contribution in [0.5, 0.6) is 0 Å². The van der Waals surface area contributed by atoms with Gasteiger partial charge in [-0.3, -0.25) is 0 Å². The fourth-order valence-electron chi connectivity index (χ4n) is 1.32. The summed E-state index contributed by atoms with van der Waals surface area (Å²) in [6.07, 6.45) is 3.75. The van der Waals surface area contributed by atoms with Crippen LogP contribution in [0, 0.1) is 0 Å². The van der Waals surface area contributed by atoms with Crippen LogP contribution in [0.25, 0.3) is 0 Å². The normalized spacial score (nSPS) is 19.7. The third kappa shape index (κ3) is 4.59. The summed E-state index contributed by atoms with van der Waals surface area (Å²) in [5.41, 5.74) is -0.228. The van der Waals surface area contributed by atoms with Gasteiger partial charge in [-0.05, 0) is 39.0 Å². The molecule has 0 amide bonds. The minimum absolute atomic E-state index is 0.153. The molecular formula is C11H15BO5. The number of hydrogen-bond donors (Lipinski definition) is 2. The summed E-state index contributed by atoms with van der Waals surface area (Å²) in [4.78, 5) is 10.7. The summed E-state index contributed by atoms with van der Waals surface area (Å²) in [7, 11) is -1.94. The van der Waals surface area contributed by atoms with E-state index in [1.807, 2.05) is 20.8 Å². The van der Waals surface area contributed by atoms with Crippen molar-refractivity contribution in [2.45, 2.75) is 32.5 Å². The molecule has 0 saturated carbocycles. The molecule has 2 N–H and O–H groups in total. The van der Waals surface area contributed by atoms with Gasteiger partial charge in [0.1, 0.15) is 23.4 Å². The molecule has 17 heavy (non-hydrogen) atoms. The predicted octanol–water partition coefficient (Wildman–Crippen LogP) is 0.368. The van der Waals surface area contributed by atoms with Crippen molar-refractivity contribution < 1.29 is 24.2 Å². The van der Waals surface area contributed by atoms with E-state index >= 15 is 0 Å². The van der Waals surface area contributed by atoms with Gasteiger partial charge < -0.3 is 19.4 Å². The van der Waals surface area contributed by atoms with Gasteiger partial charge in [-0.15, -0.1) is 0 Å². The van der Waals surface area contributed by atoms with E-state index in [0.717, 1.165) is 0 Å². The van der Waals surface area contributed by atoms with Gasteiger partial charge in [-0.2, -0.15) is 0 Å². The lowest BCUT2D eigenvalue weighted by Gasteiger charge is -2.25. The highest BCUT2D eigenvalue weighted by Crippen LogP contribution is 2.22. The lowest BCUT2D eigenvalue weighted by molar-refractivity contribution is 0.0584. The highest BCUT2D eigenvalue weighted by Gasteiger charge is 2.23. The number of hydrogen-bond acceptors (Lipinski definition) is 5. The lowest BCUT2D eigenvalue weighted by Crippen LogP contribution is -2.27. The molecule has 92 valence electrons. The largest absolute Gasteiger partial charge is 0.634 e. The van der Waals surface area contributed by atoms with E-state index < -0.39 is 13.4 Å². The molecule has 0 radical (unpaired) electrons. The summed E-state index contributed by atoms with van der Waals surface area (Å²) in [5, 5.41) is 17.3. The molecule has 0 aromatic rings. The first-order valence-corrected chi connectivity index (χ1v) is 5.17. The van der Waals surface area contributed by atoms with Gasteiger partial charge in [-0.1, -0.05) is 0 Å². The van der Waals surface area contributed by atoms with Crippen molar-refractivity contribution >= 4 is 13.3 Å². The van der Waals surface area contributed by atoms with Crippen LogP contribution in [-0.2, 0) is 14.2 Å². The van der Waals surface area contributed by atoms with Crippen molar-refractivity contribution in [2.24, 2.45) is 0 Å². The summed E-state index contributed by atoms with van der Waals surface area (Å²) in [6, 6.07) is 0.